The summed E-state index contributed by atoms with van der Waals surface area (Å²) in [5, 5.41) is 3.10. The van der Waals surface area contributed by atoms with Crippen LogP contribution in [-0.4, -0.2) is 36.9 Å². The highest BCUT2D eigenvalue weighted by molar-refractivity contribution is 5.93. The molecule has 1 aliphatic rings. The third-order valence-electron chi connectivity index (χ3n) is 4.24. The van der Waals surface area contributed by atoms with Crippen LogP contribution in [0.25, 0.3) is 11.0 Å². The van der Waals surface area contributed by atoms with Crippen molar-refractivity contribution in [1.82, 2.24) is 10.2 Å². The molecule has 0 saturated carbocycles. The van der Waals surface area contributed by atoms with Gasteiger partial charge in [-0.2, -0.15) is 0 Å². The van der Waals surface area contributed by atoms with Crippen LogP contribution in [-0.2, 0) is 4.79 Å². The van der Waals surface area contributed by atoms with Crippen molar-refractivity contribution in [2.24, 2.45) is 5.92 Å². The average molecular weight is 314 g/mol. The van der Waals surface area contributed by atoms with Crippen LogP contribution in [0.1, 0.15) is 23.4 Å². The van der Waals surface area contributed by atoms with Crippen molar-refractivity contribution in [3.63, 3.8) is 0 Å². The molecule has 0 atom stereocenters. The predicted octanol–water partition coefficient (Wildman–Crippen LogP) is 1.39. The normalized spacial score (nSPS) is 15.6. The van der Waals surface area contributed by atoms with Gasteiger partial charge >= 0.3 is 0 Å². The number of likely N-dealkylation sites (tertiary alicyclic amines) is 1. The number of para-hydroxylation sites is 1. The monoisotopic (exact) mass is 314 g/mol. The van der Waals surface area contributed by atoms with Crippen LogP contribution >= 0.6 is 0 Å². The molecule has 3 rings (SSSR count). The molecule has 1 saturated heterocycles. The molecule has 0 aliphatic carbocycles. The number of nitrogens with zero attached hydrogens (tertiary/aromatic N) is 1. The first kappa shape index (κ1) is 15.3. The summed E-state index contributed by atoms with van der Waals surface area (Å²) in [6.07, 6.45) is 1.23. The maximum absolute atomic E-state index is 12.5. The van der Waals surface area contributed by atoms with Crippen LogP contribution in [0.2, 0.25) is 0 Å². The number of hydrogen-bond acceptors (Lipinski definition) is 4. The average Bonchev–Trinajstić information content (AvgIpc) is 2.60. The van der Waals surface area contributed by atoms with E-state index in [2.05, 4.69) is 5.32 Å². The van der Waals surface area contributed by atoms with Crippen molar-refractivity contribution in [2.45, 2.75) is 12.8 Å². The predicted molar refractivity (Wildman–Crippen MR) is 85.2 cm³/mol. The van der Waals surface area contributed by atoms with Crippen LogP contribution in [0.3, 0.4) is 0 Å². The van der Waals surface area contributed by atoms with Gasteiger partial charge in [-0.25, -0.2) is 0 Å². The first-order valence-electron chi connectivity index (χ1n) is 7.64. The van der Waals surface area contributed by atoms with E-state index in [-0.39, 0.29) is 28.9 Å². The Hall–Kier alpha value is -2.63. The summed E-state index contributed by atoms with van der Waals surface area (Å²) in [4.78, 5) is 37.9. The Morgan fingerprint density at radius 3 is 2.61 bits per heavy atom. The summed E-state index contributed by atoms with van der Waals surface area (Å²) in [5.41, 5.74) is 0.180. The van der Waals surface area contributed by atoms with E-state index in [1.54, 1.807) is 36.2 Å². The molecular formula is C17H18N2O4. The van der Waals surface area contributed by atoms with Gasteiger partial charge in [-0.05, 0) is 25.0 Å². The first-order chi connectivity index (χ1) is 11.1. The minimum atomic E-state index is -0.303. The van der Waals surface area contributed by atoms with E-state index >= 15 is 0 Å². The number of nitrogens with one attached hydrogen (secondary N) is 1. The van der Waals surface area contributed by atoms with Crippen molar-refractivity contribution < 1.29 is 14.0 Å². The Bertz CT molecular complexity index is 804. The minimum absolute atomic E-state index is 0.00864. The Balaban J connectivity index is 1.79. The molecule has 120 valence electrons. The Morgan fingerprint density at radius 2 is 1.91 bits per heavy atom. The van der Waals surface area contributed by atoms with E-state index in [9.17, 15) is 14.4 Å². The van der Waals surface area contributed by atoms with Gasteiger partial charge in [0.1, 0.15) is 5.58 Å². The van der Waals surface area contributed by atoms with E-state index in [1.165, 1.54) is 6.07 Å². The summed E-state index contributed by atoms with van der Waals surface area (Å²) in [6, 6.07) is 8.10. The smallest absolute Gasteiger partial charge is 0.289 e. The lowest BCUT2D eigenvalue weighted by molar-refractivity contribution is -0.125. The third-order valence-corrected chi connectivity index (χ3v) is 4.24. The molecule has 1 fully saturated rings. The molecule has 2 heterocycles. The Morgan fingerprint density at radius 1 is 1.22 bits per heavy atom. The number of amides is 2. The number of carbonyl (C=O) groups is 2. The zero-order chi connectivity index (χ0) is 16.4. The molecule has 0 spiro atoms. The Labute approximate surface area is 133 Å². The van der Waals surface area contributed by atoms with Gasteiger partial charge in [-0.3, -0.25) is 14.4 Å². The molecular weight excluding hydrogens is 296 g/mol. The van der Waals surface area contributed by atoms with E-state index in [4.69, 9.17) is 4.42 Å². The summed E-state index contributed by atoms with van der Waals surface area (Å²) in [7, 11) is 1.61. The van der Waals surface area contributed by atoms with Gasteiger partial charge in [0.25, 0.3) is 5.91 Å². The number of carbonyl (C=O) groups excluding carboxylic acids is 2. The highest BCUT2D eigenvalue weighted by Gasteiger charge is 2.28. The summed E-state index contributed by atoms with van der Waals surface area (Å²) in [6.45, 7) is 0.959. The first-order valence-corrected chi connectivity index (χ1v) is 7.64. The van der Waals surface area contributed by atoms with Crippen LogP contribution in [0.4, 0.5) is 0 Å². The van der Waals surface area contributed by atoms with E-state index in [0.717, 1.165) is 0 Å². The van der Waals surface area contributed by atoms with Crippen molar-refractivity contribution in [3.8, 4) is 0 Å². The summed E-state index contributed by atoms with van der Waals surface area (Å²) < 4.78 is 5.58. The summed E-state index contributed by atoms with van der Waals surface area (Å²) in [5.74, 6) is -0.308. The molecule has 1 N–H and O–H groups in total. The number of piperidine rings is 1. The number of fused-ring (bicyclic) bond motifs is 1. The van der Waals surface area contributed by atoms with E-state index in [1.807, 2.05) is 0 Å². The van der Waals surface area contributed by atoms with Gasteiger partial charge in [0.05, 0.1) is 5.39 Å². The third kappa shape index (κ3) is 2.97. The van der Waals surface area contributed by atoms with Crippen LogP contribution in [0.5, 0.6) is 0 Å². The van der Waals surface area contributed by atoms with Gasteiger partial charge in [-0.1, -0.05) is 12.1 Å². The molecule has 2 amide bonds. The van der Waals surface area contributed by atoms with E-state index in [0.29, 0.717) is 36.9 Å². The molecule has 1 aromatic carbocycles. The SMILES string of the molecule is CNC(=O)C1CCN(C(=O)c2cc(=O)c3ccccc3o2)CC1. The lowest BCUT2D eigenvalue weighted by Gasteiger charge is -2.30. The van der Waals surface area contributed by atoms with Crippen LogP contribution < -0.4 is 10.7 Å². The second kappa shape index (κ2) is 6.24. The molecule has 0 bridgehead atoms. The largest absolute Gasteiger partial charge is 0.451 e. The van der Waals surface area contributed by atoms with Gasteiger partial charge < -0.3 is 14.6 Å². The topological polar surface area (TPSA) is 79.6 Å². The van der Waals surface area contributed by atoms with Gasteiger partial charge in [0.2, 0.25) is 5.91 Å². The van der Waals surface area contributed by atoms with Crippen molar-refractivity contribution >= 4 is 22.8 Å². The standard InChI is InChI=1S/C17H18N2O4/c1-18-16(21)11-6-8-19(9-7-11)17(22)15-10-13(20)12-4-2-3-5-14(12)23-15/h2-5,10-11H,6-9H2,1H3,(H,18,21). The van der Waals surface area contributed by atoms with Crippen molar-refractivity contribution in [3.05, 3.63) is 46.3 Å². The molecule has 1 aromatic heterocycles. The molecule has 6 nitrogen and oxygen atoms in total. The molecule has 23 heavy (non-hydrogen) atoms. The van der Waals surface area contributed by atoms with Crippen molar-refractivity contribution in [1.29, 1.82) is 0 Å². The molecule has 2 aromatic rings. The van der Waals surface area contributed by atoms with Crippen molar-refractivity contribution in [2.75, 3.05) is 20.1 Å². The van der Waals surface area contributed by atoms with Gasteiger partial charge in [-0.15, -0.1) is 0 Å². The molecule has 1 aliphatic heterocycles. The van der Waals surface area contributed by atoms with Gasteiger partial charge in [0, 0.05) is 32.1 Å². The Kier molecular flexibility index (Phi) is 4.14. The number of benzene rings is 1. The summed E-state index contributed by atoms with van der Waals surface area (Å²) >= 11 is 0. The number of rotatable bonds is 2. The van der Waals surface area contributed by atoms with Crippen LogP contribution in [0.15, 0.2) is 39.5 Å². The molecule has 6 heteroatoms. The lowest BCUT2D eigenvalue weighted by Crippen LogP contribution is -2.42. The lowest BCUT2D eigenvalue weighted by atomic mass is 9.96. The van der Waals surface area contributed by atoms with E-state index < -0.39 is 0 Å². The maximum Gasteiger partial charge on any atom is 0.289 e. The van der Waals surface area contributed by atoms with Crippen LogP contribution in [0, 0.1) is 5.92 Å². The highest BCUT2D eigenvalue weighted by atomic mass is 16.3. The molecule has 0 radical (unpaired) electrons. The minimum Gasteiger partial charge on any atom is -0.451 e. The molecule has 0 unspecified atom stereocenters. The highest BCUT2D eigenvalue weighted by Crippen LogP contribution is 2.20. The fourth-order valence-electron chi connectivity index (χ4n) is 2.91. The second-order valence-electron chi connectivity index (χ2n) is 5.65. The fraction of sp³-hybridized carbons (Fsp3) is 0.353. The second-order valence-corrected chi connectivity index (χ2v) is 5.65. The number of hydrogen-bond donors (Lipinski definition) is 1. The fourth-order valence-corrected chi connectivity index (χ4v) is 2.91. The van der Waals surface area contributed by atoms with Gasteiger partial charge in [0.15, 0.2) is 11.2 Å². The maximum atomic E-state index is 12.5. The zero-order valence-corrected chi connectivity index (χ0v) is 12.9. The zero-order valence-electron chi connectivity index (χ0n) is 12.9. The quantitative estimate of drug-likeness (QED) is 0.908.